The van der Waals surface area contributed by atoms with Gasteiger partial charge in [0.1, 0.15) is 19.3 Å². The van der Waals surface area contributed by atoms with Crippen molar-refractivity contribution in [1.29, 1.82) is 0 Å². The first-order chi connectivity index (χ1) is 45.8. The monoisotopic (exact) mass is 1400 g/mol. The second-order valence-corrected chi connectivity index (χ2v) is 31.0. The molecular weight excluding hydrogens is 1250 g/mol. The molecule has 0 aromatic heterocycles. The Morgan fingerprint density at radius 2 is 0.505 bits per heavy atom. The minimum Gasteiger partial charge on any atom is -0.462 e. The lowest BCUT2D eigenvalue weighted by molar-refractivity contribution is -0.161. The van der Waals surface area contributed by atoms with Gasteiger partial charge in [-0.05, 0) is 43.4 Å². The normalized spacial score (nSPS) is 14.9. The Morgan fingerprint density at radius 3 is 0.747 bits per heavy atom. The zero-order chi connectivity index (χ0) is 70.1. The maximum Gasteiger partial charge on any atom is 0.472 e. The predicted octanol–water partition coefficient (Wildman–Crippen LogP) is 22.2. The summed E-state index contributed by atoms with van der Waals surface area (Å²) in [5.41, 5.74) is 0. The predicted molar refractivity (Wildman–Crippen MR) is 386 cm³/mol. The van der Waals surface area contributed by atoms with Crippen molar-refractivity contribution in [3.05, 3.63) is 0 Å². The molecule has 0 rings (SSSR count). The van der Waals surface area contributed by atoms with Gasteiger partial charge in [-0.3, -0.25) is 37.3 Å². The molecule has 0 aliphatic carbocycles. The smallest absolute Gasteiger partial charge is 0.462 e. The number of aliphatic hydroxyl groups excluding tert-OH is 1. The number of esters is 4. The van der Waals surface area contributed by atoms with Crippen LogP contribution in [0.2, 0.25) is 0 Å². The highest BCUT2D eigenvalue weighted by atomic mass is 31.2. The van der Waals surface area contributed by atoms with E-state index in [1.54, 1.807) is 0 Å². The topological polar surface area (TPSA) is 237 Å². The van der Waals surface area contributed by atoms with Crippen molar-refractivity contribution >= 4 is 39.5 Å². The van der Waals surface area contributed by atoms with Crippen LogP contribution in [0.3, 0.4) is 0 Å². The van der Waals surface area contributed by atoms with Gasteiger partial charge in [-0.2, -0.15) is 0 Å². The largest absolute Gasteiger partial charge is 0.472 e. The lowest BCUT2D eigenvalue weighted by Crippen LogP contribution is -2.30. The molecule has 0 aromatic rings. The molecule has 0 aliphatic rings. The van der Waals surface area contributed by atoms with Gasteiger partial charge in [0.05, 0.1) is 26.4 Å². The van der Waals surface area contributed by atoms with E-state index in [-0.39, 0.29) is 25.7 Å². The van der Waals surface area contributed by atoms with Crippen LogP contribution in [0.4, 0.5) is 0 Å². The Kier molecular flexibility index (Phi) is 65.2. The van der Waals surface area contributed by atoms with Crippen molar-refractivity contribution in [2.45, 2.75) is 407 Å². The summed E-state index contributed by atoms with van der Waals surface area (Å²) in [4.78, 5) is 72.8. The lowest BCUT2D eigenvalue weighted by Gasteiger charge is -2.21. The second-order valence-electron chi connectivity index (χ2n) is 28.1. The van der Waals surface area contributed by atoms with E-state index in [1.807, 2.05) is 0 Å². The van der Waals surface area contributed by atoms with Crippen LogP contribution in [-0.2, 0) is 65.4 Å². The molecule has 0 saturated heterocycles. The quantitative estimate of drug-likeness (QED) is 0.0222. The fraction of sp³-hybridized carbons (Fsp3) is 0.947. The first kappa shape index (κ1) is 93.1. The fourth-order valence-corrected chi connectivity index (χ4v) is 13.1. The molecule has 3 N–H and O–H groups in total. The molecular formula is C76H148O17P2. The molecule has 5 unspecified atom stereocenters. The Bertz CT molecular complexity index is 1860. The lowest BCUT2D eigenvalue weighted by atomic mass is 9.99. The van der Waals surface area contributed by atoms with Crippen LogP contribution in [0.5, 0.6) is 0 Å². The SMILES string of the molecule is CCCCCCCCCCCCCC(=O)OC[C@H](COP(=O)(O)OC[C@H](O)COP(=O)(O)OC[C@@H](COC(=O)CCCCCCCCCCCCC(C)CC)OC(=O)CCCCCCCCCCCCCCCCC(C)CC)OC(=O)CCCCCCCCCCC(C)CC. The number of unbranched alkanes of at least 4 members (excludes halogenated alkanes) is 39. The molecule has 19 heteroatoms. The van der Waals surface area contributed by atoms with E-state index >= 15 is 0 Å². The second kappa shape index (κ2) is 66.6. The van der Waals surface area contributed by atoms with Gasteiger partial charge in [0, 0.05) is 25.7 Å². The Hall–Kier alpha value is -1.94. The molecule has 0 aromatic carbocycles. The van der Waals surface area contributed by atoms with Crippen LogP contribution < -0.4 is 0 Å². The zero-order valence-corrected chi connectivity index (χ0v) is 63.9. The third-order valence-electron chi connectivity index (χ3n) is 18.7. The fourth-order valence-electron chi connectivity index (χ4n) is 11.5. The van der Waals surface area contributed by atoms with Gasteiger partial charge in [0.15, 0.2) is 12.2 Å². The maximum absolute atomic E-state index is 13.1. The van der Waals surface area contributed by atoms with Crippen molar-refractivity contribution in [3.8, 4) is 0 Å². The molecule has 0 radical (unpaired) electrons. The summed E-state index contributed by atoms with van der Waals surface area (Å²) in [6.45, 7) is 12.0. The van der Waals surface area contributed by atoms with Gasteiger partial charge in [0.25, 0.3) is 0 Å². The Labute approximate surface area is 581 Å². The third-order valence-corrected chi connectivity index (χ3v) is 20.6. The maximum atomic E-state index is 13.1. The zero-order valence-electron chi connectivity index (χ0n) is 62.1. The molecule has 0 aliphatic heterocycles. The Balaban J connectivity index is 5.26. The molecule has 0 amide bonds. The molecule has 0 heterocycles. The van der Waals surface area contributed by atoms with Gasteiger partial charge in [-0.15, -0.1) is 0 Å². The number of ether oxygens (including phenoxy) is 4. The van der Waals surface area contributed by atoms with Crippen molar-refractivity contribution in [3.63, 3.8) is 0 Å². The van der Waals surface area contributed by atoms with E-state index in [2.05, 4.69) is 48.5 Å². The van der Waals surface area contributed by atoms with Gasteiger partial charge >= 0.3 is 39.5 Å². The van der Waals surface area contributed by atoms with Gasteiger partial charge in [-0.1, -0.05) is 337 Å². The third kappa shape index (κ3) is 66.4. The molecule has 0 bridgehead atoms. The summed E-state index contributed by atoms with van der Waals surface area (Å²) in [5.74, 6) is 0.307. The summed E-state index contributed by atoms with van der Waals surface area (Å²) in [7, 11) is -9.91. The van der Waals surface area contributed by atoms with Gasteiger partial charge in [0.2, 0.25) is 0 Å². The molecule has 17 nitrogen and oxygen atoms in total. The number of phosphoric acid groups is 2. The number of aliphatic hydroxyl groups is 1. The molecule has 0 fully saturated rings. The summed E-state index contributed by atoms with van der Waals surface area (Å²) >= 11 is 0. The van der Waals surface area contributed by atoms with Gasteiger partial charge < -0.3 is 33.8 Å². The Morgan fingerprint density at radius 1 is 0.295 bits per heavy atom. The molecule has 8 atom stereocenters. The average Bonchev–Trinajstić information content (AvgIpc) is 2.42. The minimum absolute atomic E-state index is 0.105. The van der Waals surface area contributed by atoms with E-state index in [0.29, 0.717) is 25.7 Å². The average molecular weight is 1400 g/mol. The van der Waals surface area contributed by atoms with Gasteiger partial charge in [-0.25, -0.2) is 9.13 Å². The first-order valence-corrected chi connectivity index (χ1v) is 42.5. The minimum atomic E-state index is -4.96. The number of carbonyl (C=O) groups excluding carboxylic acids is 4. The highest BCUT2D eigenvalue weighted by Crippen LogP contribution is 2.45. The van der Waals surface area contributed by atoms with Crippen molar-refractivity contribution < 1.29 is 80.2 Å². The van der Waals surface area contributed by atoms with Crippen molar-refractivity contribution in [2.75, 3.05) is 39.6 Å². The van der Waals surface area contributed by atoms with E-state index in [9.17, 15) is 43.2 Å². The van der Waals surface area contributed by atoms with Crippen LogP contribution in [0.25, 0.3) is 0 Å². The van der Waals surface area contributed by atoms with Crippen molar-refractivity contribution in [2.24, 2.45) is 17.8 Å². The highest BCUT2D eigenvalue weighted by molar-refractivity contribution is 7.47. The molecule has 0 saturated carbocycles. The molecule has 95 heavy (non-hydrogen) atoms. The van der Waals surface area contributed by atoms with Crippen LogP contribution >= 0.6 is 15.6 Å². The standard InChI is InChI=1S/C76H148O17P2/c1-8-12-13-14-15-16-21-28-36-43-50-57-73(78)86-64-72(93-76(81)60-53-46-39-32-31-35-42-49-56-69(7)11-4)66-91-95(84,85)89-62-70(77)61-88-94(82,83)90-65-71(63-87-74(79)58-51-44-37-29-25-24-27-34-41-48-55-68(6)10-3)92-75(80)59-52-45-38-30-23-20-18-17-19-22-26-33-40-47-54-67(5)9-2/h67-72,77H,8-66H2,1-7H3,(H,82,83)(H,84,85)/t67?,68?,69?,70-,71-,72-/m1/s1. The summed E-state index contributed by atoms with van der Waals surface area (Å²) in [6.07, 6.45) is 52.4. The summed E-state index contributed by atoms with van der Waals surface area (Å²) < 4.78 is 68.5. The van der Waals surface area contributed by atoms with E-state index < -0.39 is 97.5 Å². The number of carbonyl (C=O) groups is 4. The summed E-state index contributed by atoms with van der Waals surface area (Å²) in [6, 6.07) is 0. The summed E-state index contributed by atoms with van der Waals surface area (Å²) in [5, 5.41) is 10.6. The number of phosphoric ester groups is 2. The van der Waals surface area contributed by atoms with E-state index in [0.717, 1.165) is 108 Å². The molecule has 0 spiro atoms. The first-order valence-electron chi connectivity index (χ1n) is 39.5. The number of hydrogen-bond donors (Lipinski definition) is 3. The number of rotatable bonds is 74. The van der Waals surface area contributed by atoms with E-state index in [4.69, 9.17) is 37.0 Å². The van der Waals surface area contributed by atoms with Crippen LogP contribution in [0.15, 0.2) is 0 Å². The van der Waals surface area contributed by atoms with Crippen LogP contribution in [0.1, 0.15) is 389 Å². The number of hydrogen-bond acceptors (Lipinski definition) is 15. The van der Waals surface area contributed by atoms with E-state index in [1.165, 1.54) is 199 Å². The van der Waals surface area contributed by atoms with Crippen LogP contribution in [0, 0.1) is 17.8 Å². The van der Waals surface area contributed by atoms with Crippen LogP contribution in [-0.4, -0.2) is 96.7 Å². The molecule has 564 valence electrons. The highest BCUT2D eigenvalue weighted by Gasteiger charge is 2.30. The van der Waals surface area contributed by atoms with Crippen molar-refractivity contribution in [1.82, 2.24) is 0 Å².